The van der Waals surface area contributed by atoms with Crippen LogP contribution in [0.25, 0.3) is 11.5 Å². The van der Waals surface area contributed by atoms with E-state index in [2.05, 4.69) is 15.4 Å². The molecule has 1 saturated heterocycles. The number of aromatic nitrogens is 3. The SMILES string of the molecule is Cc1oc(-c2cnn(C)c2)nc1C(=O)NC1(c2ccccc2)COC1. The van der Waals surface area contributed by atoms with Crippen LogP contribution in [0.1, 0.15) is 21.8 Å². The standard InChI is InChI=1S/C18H18N4O3/c1-12-15(20-17(25-12)13-8-19-22(2)9-13)16(23)21-18(10-24-11-18)14-6-4-3-5-7-14/h3-9H,10-11H2,1-2H3,(H,21,23). The van der Waals surface area contributed by atoms with Crippen LogP contribution in [0.15, 0.2) is 47.1 Å². The molecule has 0 spiro atoms. The Hall–Kier alpha value is -2.93. The summed E-state index contributed by atoms with van der Waals surface area (Å²) in [5, 5.41) is 7.16. The van der Waals surface area contributed by atoms with E-state index < -0.39 is 5.54 Å². The van der Waals surface area contributed by atoms with E-state index in [0.29, 0.717) is 24.9 Å². The van der Waals surface area contributed by atoms with Gasteiger partial charge in [-0.15, -0.1) is 0 Å². The molecule has 2 aromatic heterocycles. The number of benzene rings is 1. The highest BCUT2D eigenvalue weighted by Crippen LogP contribution is 2.30. The molecule has 0 radical (unpaired) electrons. The molecule has 3 aromatic rings. The summed E-state index contributed by atoms with van der Waals surface area (Å²) in [6.45, 7) is 2.61. The van der Waals surface area contributed by atoms with Crippen molar-refractivity contribution in [3.63, 3.8) is 0 Å². The number of oxazole rings is 1. The van der Waals surface area contributed by atoms with Gasteiger partial charge in [0.05, 0.1) is 25.0 Å². The molecule has 1 aromatic carbocycles. The van der Waals surface area contributed by atoms with Crippen LogP contribution in [0, 0.1) is 6.92 Å². The highest BCUT2D eigenvalue weighted by atomic mass is 16.5. The molecule has 1 aliphatic rings. The number of aryl methyl sites for hydroxylation is 2. The molecule has 1 aliphatic heterocycles. The third kappa shape index (κ3) is 2.72. The van der Waals surface area contributed by atoms with Gasteiger partial charge in [-0.1, -0.05) is 30.3 Å². The molecule has 4 rings (SSSR count). The van der Waals surface area contributed by atoms with E-state index in [1.165, 1.54) is 0 Å². The zero-order valence-electron chi connectivity index (χ0n) is 14.0. The molecule has 1 fully saturated rings. The van der Waals surface area contributed by atoms with E-state index in [4.69, 9.17) is 9.15 Å². The van der Waals surface area contributed by atoms with Crippen LogP contribution < -0.4 is 5.32 Å². The van der Waals surface area contributed by atoms with Crippen molar-refractivity contribution >= 4 is 5.91 Å². The van der Waals surface area contributed by atoms with Crippen LogP contribution in [0.2, 0.25) is 0 Å². The Labute approximate surface area is 144 Å². The van der Waals surface area contributed by atoms with Gasteiger partial charge < -0.3 is 14.5 Å². The lowest BCUT2D eigenvalue weighted by atomic mass is 9.88. The van der Waals surface area contributed by atoms with E-state index in [1.54, 1.807) is 24.0 Å². The van der Waals surface area contributed by atoms with E-state index in [0.717, 1.165) is 11.1 Å². The van der Waals surface area contributed by atoms with Crippen LogP contribution in [0.4, 0.5) is 0 Å². The van der Waals surface area contributed by atoms with E-state index in [-0.39, 0.29) is 11.6 Å². The Morgan fingerprint density at radius 2 is 2.04 bits per heavy atom. The summed E-state index contributed by atoms with van der Waals surface area (Å²) in [7, 11) is 1.81. The maximum Gasteiger partial charge on any atom is 0.274 e. The fourth-order valence-electron chi connectivity index (χ4n) is 2.91. The first kappa shape index (κ1) is 15.6. The van der Waals surface area contributed by atoms with E-state index in [9.17, 15) is 4.79 Å². The maximum atomic E-state index is 12.8. The van der Waals surface area contributed by atoms with Crippen molar-refractivity contribution in [2.24, 2.45) is 7.05 Å². The minimum absolute atomic E-state index is 0.274. The summed E-state index contributed by atoms with van der Waals surface area (Å²) in [6.07, 6.45) is 3.44. The van der Waals surface area contributed by atoms with Gasteiger partial charge in [0.15, 0.2) is 5.69 Å². The quantitative estimate of drug-likeness (QED) is 0.787. The Bertz CT molecular complexity index is 910. The number of ether oxygens (including phenoxy) is 1. The van der Waals surface area contributed by atoms with E-state index >= 15 is 0 Å². The van der Waals surface area contributed by atoms with Crippen molar-refractivity contribution in [2.75, 3.05) is 13.2 Å². The average Bonchev–Trinajstić information content (AvgIpc) is 3.17. The molecule has 25 heavy (non-hydrogen) atoms. The highest BCUT2D eigenvalue weighted by molar-refractivity contribution is 5.94. The van der Waals surface area contributed by atoms with Crippen molar-refractivity contribution in [3.05, 3.63) is 59.7 Å². The topological polar surface area (TPSA) is 82.2 Å². The molecule has 0 atom stereocenters. The number of nitrogens with zero attached hydrogens (tertiary/aromatic N) is 3. The number of nitrogens with one attached hydrogen (secondary N) is 1. The second-order valence-corrected chi connectivity index (χ2v) is 6.22. The lowest BCUT2D eigenvalue weighted by Gasteiger charge is -2.42. The zero-order valence-corrected chi connectivity index (χ0v) is 14.0. The van der Waals surface area contributed by atoms with Crippen molar-refractivity contribution in [1.29, 1.82) is 0 Å². The molecule has 128 valence electrons. The highest BCUT2D eigenvalue weighted by Gasteiger charge is 2.42. The third-order valence-electron chi connectivity index (χ3n) is 4.34. The van der Waals surface area contributed by atoms with Crippen LogP contribution in [-0.4, -0.2) is 33.9 Å². The van der Waals surface area contributed by atoms with Gasteiger partial charge in [0, 0.05) is 13.2 Å². The molecular weight excluding hydrogens is 320 g/mol. The lowest BCUT2D eigenvalue weighted by Crippen LogP contribution is -2.59. The van der Waals surface area contributed by atoms with Crippen molar-refractivity contribution in [1.82, 2.24) is 20.1 Å². The normalized spacial score (nSPS) is 15.6. The first-order valence-electron chi connectivity index (χ1n) is 8.00. The molecule has 0 saturated carbocycles. The van der Waals surface area contributed by atoms with Crippen LogP contribution in [0.5, 0.6) is 0 Å². The monoisotopic (exact) mass is 338 g/mol. The fraction of sp³-hybridized carbons (Fsp3) is 0.278. The molecule has 0 bridgehead atoms. The van der Waals surface area contributed by atoms with Crippen molar-refractivity contribution in [3.8, 4) is 11.5 Å². The van der Waals surface area contributed by atoms with Gasteiger partial charge in [-0.05, 0) is 12.5 Å². The Morgan fingerprint density at radius 1 is 1.28 bits per heavy atom. The molecule has 1 amide bonds. The van der Waals surface area contributed by atoms with Crippen molar-refractivity contribution in [2.45, 2.75) is 12.5 Å². The van der Waals surface area contributed by atoms with Gasteiger partial charge >= 0.3 is 0 Å². The maximum absolute atomic E-state index is 12.8. The Morgan fingerprint density at radius 3 is 2.64 bits per heavy atom. The van der Waals surface area contributed by atoms with Crippen LogP contribution in [0.3, 0.4) is 0 Å². The molecule has 7 heteroatoms. The predicted molar refractivity (Wildman–Crippen MR) is 89.8 cm³/mol. The van der Waals surface area contributed by atoms with E-state index in [1.807, 2.05) is 37.4 Å². The largest absolute Gasteiger partial charge is 0.440 e. The number of rotatable bonds is 4. The molecule has 3 heterocycles. The summed E-state index contributed by atoms with van der Waals surface area (Å²) >= 11 is 0. The Kier molecular flexibility index (Phi) is 3.65. The number of amides is 1. The summed E-state index contributed by atoms with van der Waals surface area (Å²) in [6, 6.07) is 9.81. The first-order chi connectivity index (χ1) is 12.1. The van der Waals surface area contributed by atoms with Crippen molar-refractivity contribution < 1.29 is 13.9 Å². The second kappa shape index (κ2) is 5.86. The van der Waals surface area contributed by atoms with Gasteiger partial charge in [0.2, 0.25) is 5.89 Å². The minimum Gasteiger partial charge on any atom is -0.440 e. The number of hydrogen-bond donors (Lipinski definition) is 1. The Balaban J connectivity index is 1.60. The summed E-state index contributed by atoms with van der Waals surface area (Å²) in [4.78, 5) is 17.1. The predicted octanol–water partition coefficient (Wildman–Crippen LogP) is 2.04. The summed E-state index contributed by atoms with van der Waals surface area (Å²) in [5.41, 5.74) is 1.51. The van der Waals surface area contributed by atoms with Gasteiger partial charge in [-0.25, -0.2) is 4.98 Å². The zero-order chi connectivity index (χ0) is 17.4. The minimum atomic E-state index is -0.516. The fourth-order valence-corrected chi connectivity index (χ4v) is 2.91. The summed E-state index contributed by atoms with van der Waals surface area (Å²) in [5.74, 6) is 0.581. The smallest absolute Gasteiger partial charge is 0.274 e. The average molecular weight is 338 g/mol. The molecule has 0 aliphatic carbocycles. The lowest BCUT2D eigenvalue weighted by molar-refractivity contribution is -0.0734. The number of carbonyl (C=O) groups excluding carboxylic acids is 1. The second-order valence-electron chi connectivity index (χ2n) is 6.22. The van der Waals surface area contributed by atoms with Crippen LogP contribution >= 0.6 is 0 Å². The molecular formula is C18H18N4O3. The molecule has 0 unspecified atom stereocenters. The molecule has 1 N–H and O–H groups in total. The van der Waals surface area contributed by atoms with Gasteiger partial charge in [-0.2, -0.15) is 5.10 Å². The molecule has 7 nitrogen and oxygen atoms in total. The number of hydrogen-bond acceptors (Lipinski definition) is 5. The number of carbonyl (C=O) groups is 1. The first-order valence-corrected chi connectivity index (χ1v) is 8.00. The van der Waals surface area contributed by atoms with Gasteiger partial charge in [-0.3, -0.25) is 9.48 Å². The van der Waals surface area contributed by atoms with Gasteiger partial charge in [0.1, 0.15) is 11.3 Å². The van der Waals surface area contributed by atoms with Crippen LogP contribution in [-0.2, 0) is 17.3 Å². The van der Waals surface area contributed by atoms with Gasteiger partial charge in [0.25, 0.3) is 5.91 Å². The summed E-state index contributed by atoms with van der Waals surface area (Å²) < 4.78 is 12.7. The third-order valence-corrected chi connectivity index (χ3v) is 4.34.